The smallest absolute Gasteiger partial charge is 0.255 e. The fourth-order valence-electron chi connectivity index (χ4n) is 2.88. The van der Waals surface area contributed by atoms with E-state index in [9.17, 15) is 9.59 Å². The second-order valence-corrected chi connectivity index (χ2v) is 7.19. The number of aryl methyl sites for hydroxylation is 2. The summed E-state index contributed by atoms with van der Waals surface area (Å²) >= 11 is 6.22. The molecule has 0 spiro atoms. The minimum absolute atomic E-state index is 0.211. The van der Waals surface area contributed by atoms with Crippen molar-refractivity contribution in [1.82, 2.24) is 5.16 Å². The number of anilines is 2. The minimum Gasteiger partial charge on any atom is -0.493 e. The predicted octanol–water partition coefficient (Wildman–Crippen LogP) is 4.74. The Hall–Kier alpha value is -3.52. The Kier molecular flexibility index (Phi) is 6.81. The Morgan fingerprint density at radius 2 is 1.87 bits per heavy atom. The highest BCUT2D eigenvalue weighted by molar-refractivity contribution is 6.34. The highest BCUT2D eigenvalue weighted by Crippen LogP contribution is 2.31. The molecule has 0 radical (unpaired) electrons. The van der Waals surface area contributed by atoms with Gasteiger partial charge in [-0.1, -0.05) is 16.8 Å². The van der Waals surface area contributed by atoms with Crippen LogP contribution in [0.2, 0.25) is 5.02 Å². The molecule has 0 unspecified atom stereocenters. The third-order valence-corrected chi connectivity index (χ3v) is 4.83. The molecule has 0 aliphatic rings. The van der Waals surface area contributed by atoms with Gasteiger partial charge in [0.25, 0.3) is 5.91 Å². The van der Waals surface area contributed by atoms with E-state index in [1.807, 2.05) is 13.8 Å². The fourth-order valence-corrected chi connectivity index (χ4v) is 3.11. The molecule has 0 aliphatic carbocycles. The summed E-state index contributed by atoms with van der Waals surface area (Å²) in [6, 6.07) is 9.69. The molecule has 9 heteroatoms. The molecule has 8 nitrogen and oxygen atoms in total. The molecule has 0 saturated carbocycles. The lowest BCUT2D eigenvalue weighted by Crippen LogP contribution is -2.13. The zero-order chi connectivity index (χ0) is 22.5. The summed E-state index contributed by atoms with van der Waals surface area (Å²) in [5.41, 5.74) is 2.94. The highest BCUT2D eigenvalue weighted by Gasteiger charge is 2.15. The summed E-state index contributed by atoms with van der Waals surface area (Å²) in [5, 5.41) is 9.58. The first kappa shape index (κ1) is 22.2. The molecule has 0 fully saturated rings. The monoisotopic (exact) mass is 443 g/mol. The number of amides is 2. The van der Waals surface area contributed by atoms with Gasteiger partial charge in [-0.15, -0.1) is 0 Å². The van der Waals surface area contributed by atoms with Gasteiger partial charge in [0.1, 0.15) is 12.4 Å². The van der Waals surface area contributed by atoms with Crippen molar-refractivity contribution in [1.29, 1.82) is 0 Å². The number of hydrogen-bond acceptors (Lipinski definition) is 6. The van der Waals surface area contributed by atoms with Gasteiger partial charge in [-0.3, -0.25) is 9.59 Å². The molecule has 3 rings (SSSR count). The zero-order valence-corrected chi connectivity index (χ0v) is 18.3. The molecule has 1 aromatic heterocycles. The quantitative estimate of drug-likeness (QED) is 0.546. The van der Waals surface area contributed by atoms with Gasteiger partial charge in [-0.25, -0.2) is 0 Å². The van der Waals surface area contributed by atoms with Crippen LogP contribution < -0.4 is 20.1 Å². The largest absolute Gasteiger partial charge is 0.493 e. The lowest BCUT2D eigenvalue weighted by Gasteiger charge is -2.13. The third-order valence-electron chi connectivity index (χ3n) is 4.52. The molecule has 31 heavy (non-hydrogen) atoms. The number of rotatable bonds is 7. The van der Waals surface area contributed by atoms with Crippen LogP contribution in [-0.4, -0.2) is 24.1 Å². The van der Waals surface area contributed by atoms with E-state index in [1.165, 1.54) is 14.0 Å². The Morgan fingerprint density at radius 1 is 1.10 bits per heavy atom. The molecular weight excluding hydrogens is 422 g/mol. The molecule has 3 aromatic rings. The van der Waals surface area contributed by atoms with Crippen molar-refractivity contribution in [2.75, 3.05) is 17.7 Å². The van der Waals surface area contributed by atoms with E-state index in [0.717, 1.165) is 11.3 Å². The van der Waals surface area contributed by atoms with Gasteiger partial charge in [-0.2, -0.15) is 0 Å². The summed E-state index contributed by atoms with van der Waals surface area (Å²) in [6.45, 7) is 5.32. The Morgan fingerprint density at radius 3 is 2.48 bits per heavy atom. The van der Waals surface area contributed by atoms with Gasteiger partial charge < -0.3 is 24.6 Å². The van der Waals surface area contributed by atoms with Gasteiger partial charge >= 0.3 is 0 Å². The van der Waals surface area contributed by atoms with Crippen LogP contribution in [0.5, 0.6) is 11.5 Å². The molecule has 0 bridgehead atoms. The SMILES string of the molecule is COc1cc(C(=O)Nc2ccc(NC(C)=O)cc2Cl)ccc1OCc1c(C)noc1C. The van der Waals surface area contributed by atoms with E-state index >= 15 is 0 Å². The molecule has 2 aromatic carbocycles. The molecule has 0 atom stereocenters. The van der Waals surface area contributed by atoms with Crippen molar-refractivity contribution in [2.24, 2.45) is 0 Å². The van der Waals surface area contributed by atoms with Gasteiger partial charge in [0.2, 0.25) is 5.91 Å². The molecule has 1 heterocycles. The number of ether oxygens (including phenoxy) is 2. The minimum atomic E-state index is -0.371. The molecule has 2 N–H and O–H groups in total. The predicted molar refractivity (Wildman–Crippen MR) is 117 cm³/mol. The zero-order valence-electron chi connectivity index (χ0n) is 17.5. The maximum Gasteiger partial charge on any atom is 0.255 e. The van der Waals surface area contributed by atoms with Crippen molar-refractivity contribution in [3.8, 4) is 11.5 Å². The first-order valence-corrected chi connectivity index (χ1v) is 9.77. The van der Waals surface area contributed by atoms with Crippen molar-refractivity contribution in [3.05, 3.63) is 64.0 Å². The highest BCUT2D eigenvalue weighted by atomic mass is 35.5. The number of methoxy groups -OCH3 is 1. The number of nitrogens with one attached hydrogen (secondary N) is 2. The molecular formula is C22H22ClN3O5. The van der Waals surface area contributed by atoms with Crippen LogP contribution in [-0.2, 0) is 11.4 Å². The maximum absolute atomic E-state index is 12.7. The van der Waals surface area contributed by atoms with Crippen LogP contribution in [0.3, 0.4) is 0 Å². The number of benzene rings is 2. The van der Waals surface area contributed by atoms with E-state index < -0.39 is 0 Å². The van der Waals surface area contributed by atoms with Crippen LogP contribution in [0.4, 0.5) is 11.4 Å². The van der Waals surface area contributed by atoms with Crippen LogP contribution in [0.25, 0.3) is 0 Å². The van der Waals surface area contributed by atoms with E-state index in [2.05, 4.69) is 15.8 Å². The summed E-state index contributed by atoms with van der Waals surface area (Å²) in [5.74, 6) is 0.999. The average molecular weight is 444 g/mol. The standard InChI is InChI=1S/C22H22ClN3O5/c1-12-17(13(2)31-26-12)11-30-20-8-5-15(9-21(20)29-4)22(28)25-19-7-6-16(10-18(19)23)24-14(3)27/h5-10H,11H2,1-4H3,(H,24,27)(H,25,28). The Labute approximate surface area is 184 Å². The van der Waals surface area contributed by atoms with Crippen LogP contribution in [0.1, 0.15) is 34.3 Å². The van der Waals surface area contributed by atoms with Crippen molar-refractivity contribution >= 4 is 34.8 Å². The van der Waals surface area contributed by atoms with Crippen LogP contribution in [0.15, 0.2) is 40.9 Å². The first-order valence-electron chi connectivity index (χ1n) is 9.39. The van der Waals surface area contributed by atoms with Crippen LogP contribution >= 0.6 is 11.6 Å². The topological polar surface area (TPSA) is 103 Å². The molecule has 0 aliphatic heterocycles. The van der Waals surface area contributed by atoms with Crippen LogP contribution in [0, 0.1) is 13.8 Å². The molecule has 2 amide bonds. The number of carbonyl (C=O) groups is 2. The number of aromatic nitrogens is 1. The second kappa shape index (κ2) is 9.53. The second-order valence-electron chi connectivity index (χ2n) is 6.79. The van der Waals surface area contributed by atoms with E-state index in [1.54, 1.807) is 36.4 Å². The number of nitrogens with zero attached hydrogens (tertiary/aromatic N) is 1. The van der Waals surface area contributed by atoms with Crippen molar-refractivity contribution < 1.29 is 23.6 Å². The third kappa shape index (κ3) is 5.35. The lowest BCUT2D eigenvalue weighted by molar-refractivity contribution is -0.114. The number of carbonyl (C=O) groups excluding carboxylic acids is 2. The first-order chi connectivity index (χ1) is 14.8. The van der Waals surface area contributed by atoms with Crippen molar-refractivity contribution in [2.45, 2.75) is 27.4 Å². The number of halogens is 1. The van der Waals surface area contributed by atoms with Crippen molar-refractivity contribution in [3.63, 3.8) is 0 Å². The Bertz CT molecular complexity index is 1110. The van der Waals surface area contributed by atoms with Gasteiger partial charge in [0.05, 0.1) is 29.1 Å². The van der Waals surface area contributed by atoms with Gasteiger partial charge in [0, 0.05) is 18.2 Å². The lowest BCUT2D eigenvalue weighted by atomic mass is 10.1. The van der Waals surface area contributed by atoms with E-state index in [-0.39, 0.29) is 18.4 Å². The fraction of sp³-hybridized carbons (Fsp3) is 0.227. The summed E-state index contributed by atoms with van der Waals surface area (Å²) in [6.07, 6.45) is 0. The maximum atomic E-state index is 12.7. The van der Waals surface area contributed by atoms with E-state index in [0.29, 0.717) is 39.2 Å². The van der Waals surface area contributed by atoms with E-state index in [4.69, 9.17) is 25.6 Å². The molecule has 0 saturated heterocycles. The number of hydrogen-bond donors (Lipinski definition) is 2. The normalized spacial score (nSPS) is 10.5. The summed E-state index contributed by atoms with van der Waals surface area (Å²) < 4.78 is 16.4. The molecule has 162 valence electrons. The average Bonchev–Trinajstić information content (AvgIpc) is 3.05. The summed E-state index contributed by atoms with van der Waals surface area (Å²) in [4.78, 5) is 23.8. The van der Waals surface area contributed by atoms with Gasteiger partial charge in [-0.05, 0) is 50.2 Å². The Balaban J connectivity index is 1.72. The summed E-state index contributed by atoms with van der Waals surface area (Å²) in [7, 11) is 1.50. The van der Waals surface area contributed by atoms with Gasteiger partial charge in [0.15, 0.2) is 11.5 Å².